The molecule has 88 valence electrons. The summed E-state index contributed by atoms with van der Waals surface area (Å²) in [6, 6.07) is 5.49. The first kappa shape index (κ1) is 12.0. The van der Waals surface area contributed by atoms with Gasteiger partial charge in [-0.2, -0.15) is 10.2 Å². The molecule has 0 spiro atoms. The van der Waals surface area contributed by atoms with E-state index >= 15 is 0 Å². The van der Waals surface area contributed by atoms with Crippen molar-refractivity contribution in [3.05, 3.63) is 38.3 Å². The molecular formula is C10H9BrN4OS. The fourth-order valence-electron chi connectivity index (χ4n) is 1.14. The van der Waals surface area contributed by atoms with Gasteiger partial charge in [0.1, 0.15) is 0 Å². The Bertz CT molecular complexity index is 560. The molecule has 2 aromatic heterocycles. The lowest BCUT2D eigenvalue weighted by atomic mass is 10.4. The third-order valence-electron chi connectivity index (χ3n) is 1.89. The van der Waals surface area contributed by atoms with Crippen LogP contribution in [0.2, 0.25) is 0 Å². The Balaban J connectivity index is 1.94. The number of nitrogens with one attached hydrogen (secondary N) is 2. The second-order valence-electron chi connectivity index (χ2n) is 3.28. The highest BCUT2D eigenvalue weighted by Crippen LogP contribution is 2.20. The van der Waals surface area contributed by atoms with E-state index in [0.717, 1.165) is 14.4 Å². The van der Waals surface area contributed by atoms with Crippen LogP contribution >= 0.6 is 27.3 Å². The van der Waals surface area contributed by atoms with E-state index in [0.29, 0.717) is 5.69 Å². The van der Waals surface area contributed by atoms with Crippen LogP contribution in [0.1, 0.15) is 21.1 Å². The predicted octanol–water partition coefficient (Wildman–Crippen LogP) is 2.31. The number of rotatable bonds is 3. The highest BCUT2D eigenvalue weighted by molar-refractivity contribution is 9.11. The van der Waals surface area contributed by atoms with E-state index in [1.165, 1.54) is 11.3 Å². The normalized spacial score (nSPS) is 10.9. The minimum absolute atomic E-state index is 0.326. The van der Waals surface area contributed by atoms with Gasteiger partial charge in [0.25, 0.3) is 5.91 Å². The fraction of sp³-hybridized carbons (Fsp3) is 0.100. The van der Waals surface area contributed by atoms with Gasteiger partial charge in [-0.3, -0.25) is 9.89 Å². The number of thiophene rings is 1. The first-order chi connectivity index (χ1) is 8.15. The second-order valence-corrected chi connectivity index (χ2v) is 5.77. The van der Waals surface area contributed by atoms with E-state index in [1.54, 1.807) is 12.3 Å². The fourth-order valence-corrected chi connectivity index (χ4v) is 2.44. The summed E-state index contributed by atoms with van der Waals surface area (Å²) < 4.78 is 1.02. The molecule has 2 heterocycles. The van der Waals surface area contributed by atoms with Crippen LogP contribution in [0, 0.1) is 6.92 Å². The van der Waals surface area contributed by atoms with Crippen LogP contribution in [-0.4, -0.2) is 22.3 Å². The molecule has 2 aromatic rings. The summed E-state index contributed by atoms with van der Waals surface area (Å²) in [5.74, 6) is -0.332. The van der Waals surface area contributed by atoms with Gasteiger partial charge in [0.2, 0.25) is 0 Å². The SMILES string of the molecule is Cc1cc(C(=O)NN=Cc2ccc(Br)s2)n[nH]1. The molecule has 2 N–H and O–H groups in total. The van der Waals surface area contributed by atoms with E-state index in [1.807, 2.05) is 19.1 Å². The van der Waals surface area contributed by atoms with Crippen molar-refractivity contribution in [3.63, 3.8) is 0 Å². The third kappa shape index (κ3) is 3.24. The zero-order chi connectivity index (χ0) is 12.3. The van der Waals surface area contributed by atoms with E-state index < -0.39 is 0 Å². The molecule has 7 heteroatoms. The number of aromatic amines is 1. The zero-order valence-electron chi connectivity index (χ0n) is 8.90. The Hall–Kier alpha value is -1.47. The number of amides is 1. The molecular weight excluding hydrogens is 304 g/mol. The van der Waals surface area contributed by atoms with Crippen LogP contribution in [0.4, 0.5) is 0 Å². The van der Waals surface area contributed by atoms with E-state index in [9.17, 15) is 4.79 Å². The van der Waals surface area contributed by atoms with Crippen molar-refractivity contribution in [1.29, 1.82) is 0 Å². The summed E-state index contributed by atoms with van der Waals surface area (Å²) >= 11 is 4.88. The van der Waals surface area contributed by atoms with Crippen LogP contribution in [0.25, 0.3) is 0 Å². The maximum Gasteiger partial charge on any atom is 0.291 e. The molecule has 1 amide bonds. The van der Waals surface area contributed by atoms with Crippen molar-refractivity contribution < 1.29 is 4.79 Å². The first-order valence-corrected chi connectivity index (χ1v) is 6.37. The van der Waals surface area contributed by atoms with Crippen molar-refractivity contribution in [2.45, 2.75) is 6.92 Å². The number of nitrogens with zero attached hydrogens (tertiary/aromatic N) is 2. The maximum atomic E-state index is 11.5. The molecule has 0 aliphatic rings. The van der Waals surface area contributed by atoms with Crippen LogP contribution in [0.5, 0.6) is 0 Å². The lowest BCUT2D eigenvalue weighted by molar-refractivity contribution is 0.0950. The summed E-state index contributed by atoms with van der Waals surface area (Å²) in [6.07, 6.45) is 1.59. The molecule has 0 saturated heterocycles. The highest BCUT2D eigenvalue weighted by atomic mass is 79.9. The van der Waals surface area contributed by atoms with Crippen LogP contribution in [0.15, 0.2) is 27.1 Å². The second kappa shape index (κ2) is 5.24. The largest absolute Gasteiger partial charge is 0.291 e. The predicted molar refractivity (Wildman–Crippen MR) is 70.4 cm³/mol. The van der Waals surface area contributed by atoms with Crippen molar-refractivity contribution in [3.8, 4) is 0 Å². The van der Waals surface area contributed by atoms with Crippen LogP contribution in [-0.2, 0) is 0 Å². The molecule has 0 aromatic carbocycles. The van der Waals surface area contributed by atoms with Gasteiger partial charge >= 0.3 is 0 Å². The van der Waals surface area contributed by atoms with Crippen molar-refractivity contribution in [1.82, 2.24) is 15.6 Å². The molecule has 0 aliphatic carbocycles. The number of halogens is 1. The number of carbonyl (C=O) groups is 1. The summed E-state index contributed by atoms with van der Waals surface area (Å²) in [5.41, 5.74) is 3.57. The van der Waals surface area contributed by atoms with Gasteiger partial charge in [0.05, 0.1) is 10.0 Å². The monoisotopic (exact) mass is 312 g/mol. The van der Waals surface area contributed by atoms with E-state index in [-0.39, 0.29) is 5.91 Å². The molecule has 5 nitrogen and oxygen atoms in total. The van der Waals surface area contributed by atoms with Gasteiger partial charge in [-0.25, -0.2) is 5.43 Å². The Kier molecular flexibility index (Phi) is 3.70. The van der Waals surface area contributed by atoms with Crippen LogP contribution < -0.4 is 5.43 Å². The van der Waals surface area contributed by atoms with Crippen LogP contribution in [0.3, 0.4) is 0 Å². The number of hydrogen-bond acceptors (Lipinski definition) is 4. The topological polar surface area (TPSA) is 70.1 Å². The molecule has 2 rings (SSSR count). The molecule has 0 saturated carbocycles. The average molecular weight is 313 g/mol. The Morgan fingerprint density at radius 3 is 3.06 bits per heavy atom. The van der Waals surface area contributed by atoms with Crippen molar-refractivity contribution in [2.75, 3.05) is 0 Å². The Morgan fingerprint density at radius 2 is 2.47 bits per heavy atom. The average Bonchev–Trinajstić information content (AvgIpc) is 2.88. The summed E-state index contributed by atoms with van der Waals surface area (Å²) in [6.45, 7) is 1.83. The minimum atomic E-state index is -0.332. The van der Waals surface area contributed by atoms with Gasteiger partial charge in [-0.15, -0.1) is 11.3 Å². The Labute approximate surface area is 110 Å². The zero-order valence-corrected chi connectivity index (χ0v) is 11.3. The smallest absolute Gasteiger partial charge is 0.282 e. The number of aromatic nitrogens is 2. The quantitative estimate of drug-likeness (QED) is 0.674. The number of aryl methyl sites for hydroxylation is 1. The molecule has 0 atom stereocenters. The molecule has 17 heavy (non-hydrogen) atoms. The minimum Gasteiger partial charge on any atom is -0.282 e. The van der Waals surface area contributed by atoms with Gasteiger partial charge in [-0.1, -0.05) is 0 Å². The van der Waals surface area contributed by atoms with Gasteiger partial charge in [-0.05, 0) is 41.1 Å². The standard InChI is InChI=1S/C10H9BrN4OS/c1-6-4-8(14-13-6)10(16)15-12-5-7-2-3-9(11)17-7/h2-5H,1H3,(H,13,14)(H,15,16). The number of hydrazone groups is 1. The molecule has 0 unspecified atom stereocenters. The number of H-pyrrole nitrogens is 1. The van der Waals surface area contributed by atoms with Crippen molar-refractivity contribution >= 4 is 39.4 Å². The van der Waals surface area contributed by atoms with E-state index in [4.69, 9.17) is 0 Å². The Morgan fingerprint density at radius 1 is 1.65 bits per heavy atom. The van der Waals surface area contributed by atoms with Gasteiger partial charge < -0.3 is 0 Å². The van der Waals surface area contributed by atoms with Gasteiger partial charge in [0.15, 0.2) is 5.69 Å². The molecule has 0 aliphatic heterocycles. The van der Waals surface area contributed by atoms with Crippen molar-refractivity contribution in [2.24, 2.45) is 5.10 Å². The van der Waals surface area contributed by atoms with E-state index in [2.05, 4.69) is 36.7 Å². The molecule has 0 radical (unpaired) electrons. The summed E-state index contributed by atoms with van der Waals surface area (Å²) in [7, 11) is 0. The lowest BCUT2D eigenvalue weighted by Gasteiger charge is -1.93. The summed E-state index contributed by atoms with van der Waals surface area (Å²) in [4.78, 5) is 12.5. The summed E-state index contributed by atoms with van der Waals surface area (Å²) in [5, 5.41) is 10.4. The van der Waals surface area contributed by atoms with Gasteiger partial charge in [0, 0.05) is 10.6 Å². The number of carbonyl (C=O) groups excluding carboxylic acids is 1. The maximum absolute atomic E-state index is 11.5. The lowest BCUT2D eigenvalue weighted by Crippen LogP contribution is -2.17. The molecule has 0 fully saturated rings. The first-order valence-electron chi connectivity index (χ1n) is 4.76. The number of hydrogen-bond donors (Lipinski definition) is 2. The molecule has 0 bridgehead atoms. The third-order valence-corrected chi connectivity index (χ3v) is 3.45. The highest BCUT2D eigenvalue weighted by Gasteiger charge is 2.07.